The van der Waals surface area contributed by atoms with Crippen molar-refractivity contribution < 1.29 is 14.5 Å². The number of piperazine rings is 1. The molecule has 0 unspecified atom stereocenters. The number of nitro groups is 1. The highest BCUT2D eigenvalue weighted by atomic mass is 35.5. The van der Waals surface area contributed by atoms with E-state index < -0.39 is 4.92 Å². The molecule has 9 heteroatoms. The Balaban J connectivity index is 1.53. The minimum absolute atomic E-state index is 0.0805. The van der Waals surface area contributed by atoms with Crippen LogP contribution in [-0.2, 0) is 4.79 Å². The van der Waals surface area contributed by atoms with Gasteiger partial charge in [0.2, 0.25) is 5.91 Å². The number of amides is 2. The van der Waals surface area contributed by atoms with Crippen molar-refractivity contribution in [3.63, 3.8) is 0 Å². The molecule has 2 fully saturated rings. The molecule has 1 aromatic rings. The summed E-state index contributed by atoms with van der Waals surface area (Å²) >= 11 is 6.06. The Hall–Kier alpha value is -2.19. The maximum absolute atomic E-state index is 12.7. The highest BCUT2D eigenvalue weighted by Gasteiger charge is 2.26. The first kappa shape index (κ1) is 19.6. The summed E-state index contributed by atoms with van der Waals surface area (Å²) in [5, 5.41) is 10.9. The number of hydrogen-bond donors (Lipinski definition) is 0. The van der Waals surface area contributed by atoms with E-state index in [1.807, 2.05) is 4.90 Å². The maximum atomic E-state index is 12.7. The highest BCUT2D eigenvalue weighted by molar-refractivity contribution is 6.34. The van der Waals surface area contributed by atoms with Gasteiger partial charge in [0.1, 0.15) is 0 Å². The molecule has 2 saturated heterocycles. The fourth-order valence-electron chi connectivity index (χ4n) is 3.51. The SMILES string of the molecule is O=C(CN1CCN(C(=O)c2ccc([N+](=O)[O-])cc2Cl)CC1)N1CCCCC1. The Morgan fingerprint density at radius 3 is 2.26 bits per heavy atom. The molecule has 0 bridgehead atoms. The van der Waals surface area contributed by atoms with Gasteiger partial charge >= 0.3 is 0 Å². The number of carbonyl (C=O) groups is 2. The van der Waals surface area contributed by atoms with Crippen LogP contribution < -0.4 is 0 Å². The summed E-state index contributed by atoms with van der Waals surface area (Å²) in [6, 6.07) is 3.88. The van der Waals surface area contributed by atoms with Crippen molar-refractivity contribution in [1.29, 1.82) is 0 Å². The highest BCUT2D eigenvalue weighted by Crippen LogP contribution is 2.24. The third-order valence-electron chi connectivity index (χ3n) is 5.12. The summed E-state index contributed by atoms with van der Waals surface area (Å²) in [5.74, 6) is -0.0789. The van der Waals surface area contributed by atoms with Crippen LogP contribution in [0.15, 0.2) is 18.2 Å². The predicted molar refractivity (Wildman–Crippen MR) is 101 cm³/mol. The first-order valence-corrected chi connectivity index (χ1v) is 9.57. The van der Waals surface area contributed by atoms with Gasteiger partial charge in [-0.05, 0) is 25.3 Å². The van der Waals surface area contributed by atoms with Crippen LogP contribution in [0, 0.1) is 10.1 Å². The molecule has 0 atom stereocenters. The Bertz CT molecular complexity index is 728. The standard InChI is InChI=1S/C18H23ClN4O4/c19-16-12-14(23(26)27)4-5-15(16)18(25)22-10-8-20(9-11-22)13-17(24)21-6-2-1-3-7-21/h4-5,12H,1-3,6-11,13H2. The summed E-state index contributed by atoms with van der Waals surface area (Å²) in [6.45, 7) is 4.32. The van der Waals surface area contributed by atoms with E-state index >= 15 is 0 Å². The average Bonchev–Trinajstić information content (AvgIpc) is 2.68. The number of nitrogens with zero attached hydrogens (tertiary/aromatic N) is 4. The zero-order chi connectivity index (χ0) is 19.4. The van der Waals surface area contributed by atoms with Gasteiger partial charge in [0.05, 0.1) is 22.1 Å². The van der Waals surface area contributed by atoms with Crippen molar-refractivity contribution in [3.8, 4) is 0 Å². The normalized spacial score (nSPS) is 18.4. The summed E-state index contributed by atoms with van der Waals surface area (Å²) in [7, 11) is 0. The van der Waals surface area contributed by atoms with Gasteiger partial charge in [0, 0.05) is 51.4 Å². The van der Waals surface area contributed by atoms with Gasteiger partial charge in [0.25, 0.3) is 11.6 Å². The average molecular weight is 395 g/mol. The fraction of sp³-hybridized carbons (Fsp3) is 0.556. The van der Waals surface area contributed by atoms with Crippen LogP contribution in [0.1, 0.15) is 29.6 Å². The number of hydrogen-bond acceptors (Lipinski definition) is 5. The molecule has 2 aliphatic heterocycles. The third-order valence-corrected chi connectivity index (χ3v) is 5.43. The number of non-ortho nitro benzene ring substituents is 1. The van der Waals surface area contributed by atoms with Gasteiger partial charge in [-0.2, -0.15) is 0 Å². The molecule has 0 saturated carbocycles. The Labute approximate surface area is 162 Å². The van der Waals surface area contributed by atoms with E-state index in [-0.39, 0.29) is 28.1 Å². The lowest BCUT2D eigenvalue weighted by Crippen LogP contribution is -2.52. The number of likely N-dealkylation sites (tertiary alicyclic amines) is 1. The van der Waals surface area contributed by atoms with Gasteiger partial charge < -0.3 is 9.80 Å². The summed E-state index contributed by atoms with van der Waals surface area (Å²) in [5.41, 5.74) is 0.123. The zero-order valence-electron chi connectivity index (χ0n) is 15.1. The molecule has 27 heavy (non-hydrogen) atoms. The lowest BCUT2D eigenvalue weighted by Gasteiger charge is -2.36. The number of piperidine rings is 1. The van der Waals surface area contributed by atoms with Crippen LogP contribution in [0.3, 0.4) is 0 Å². The monoisotopic (exact) mass is 394 g/mol. The van der Waals surface area contributed by atoms with Crippen LogP contribution in [0.25, 0.3) is 0 Å². The molecule has 0 aliphatic carbocycles. The van der Waals surface area contributed by atoms with E-state index in [9.17, 15) is 19.7 Å². The van der Waals surface area contributed by atoms with Crippen LogP contribution >= 0.6 is 11.6 Å². The van der Waals surface area contributed by atoms with Gasteiger partial charge in [-0.3, -0.25) is 24.6 Å². The molecular formula is C18H23ClN4O4. The van der Waals surface area contributed by atoms with Crippen molar-refractivity contribution in [2.24, 2.45) is 0 Å². The Morgan fingerprint density at radius 2 is 1.67 bits per heavy atom. The number of halogens is 1. The largest absolute Gasteiger partial charge is 0.342 e. The zero-order valence-corrected chi connectivity index (χ0v) is 15.9. The summed E-state index contributed by atoms with van der Waals surface area (Å²) in [4.78, 5) is 40.9. The number of rotatable bonds is 4. The van der Waals surface area contributed by atoms with Crippen LogP contribution in [-0.4, -0.2) is 77.3 Å². The maximum Gasteiger partial charge on any atom is 0.270 e. The van der Waals surface area contributed by atoms with E-state index in [1.165, 1.54) is 24.6 Å². The lowest BCUT2D eigenvalue weighted by atomic mass is 10.1. The number of benzene rings is 1. The van der Waals surface area contributed by atoms with Gasteiger partial charge in [-0.25, -0.2) is 0 Å². The van der Waals surface area contributed by atoms with E-state index in [2.05, 4.69) is 4.90 Å². The molecule has 0 N–H and O–H groups in total. The lowest BCUT2D eigenvalue weighted by molar-refractivity contribution is -0.384. The molecule has 146 valence electrons. The van der Waals surface area contributed by atoms with E-state index in [0.29, 0.717) is 32.7 Å². The van der Waals surface area contributed by atoms with Crippen LogP contribution in [0.2, 0.25) is 5.02 Å². The molecule has 1 aromatic carbocycles. The fourth-order valence-corrected chi connectivity index (χ4v) is 3.76. The summed E-state index contributed by atoms with van der Waals surface area (Å²) < 4.78 is 0. The molecule has 0 radical (unpaired) electrons. The van der Waals surface area contributed by atoms with Crippen LogP contribution in [0.4, 0.5) is 5.69 Å². The Morgan fingerprint density at radius 1 is 1.00 bits per heavy atom. The summed E-state index contributed by atoms with van der Waals surface area (Å²) in [6.07, 6.45) is 3.34. The second-order valence-electron chi connectivity index (χ2n) is 6.93. The second kappa shape index (κ2) is 8.67. The molecule has 8 nitrogen and oxygen atoms in total. The van der Waals surface area contributed by atoms with Crippen LogP contribution in [0.5, 0.6) is 0 Å². The molecular weight excluding hydrogens is 372 g/mol. The first-order chi connectivity index (χ1) is 13.0. The quantitative estimate of drug-likeness (QED) is 0.576. The molecule has 2 amide bonds. The second-order valence-corrected chi connectivity index (χ2v) is 7.34. The van der Waals surface area contributed by atoms with E-state index in [0.717, 1.165) is 25.9 Å². The van der Waals surface area contributed by atoms with Gasteiger partial charge in [-0.1, -0.05) is 11.6 Å². The van der Waals surface area contributed by atoms with E-state index in [1.54, 1.807) is 4.90 Å². The first-order valence-electron chi connectivity index (χ1n) is 9.19. The molecule has 0 aromatic heterocycles. The Kier molecular flexibility index (Phi) is 6.28. The predicted octanol–water partition coefficient (Wildman–Crippen LogP) is 2.02. The van der Waals surface area contributed by atoms with Crippen molar-refractivity contribution in [2.45, 2.75) is 19.3 Å². The molecule has 0 spiro atoms. The van der Waals surface area contributed by atoms with Crippen molar-refractivity contribution in [2.75, 3.05) is 45.8 Å². The number of carbonyl (C=O) groups excluding carboxylic acids is 2. The minimum Gasteiger partial charge on any atom is -0.342 e. The molecule has 3 rings (SSSR count). The smallest absolute Gasteiger partial charge is 0.270 e. The topological polar surface area (TPSA) is 87.0 Å². The number of nitro benzene ring substituents is 1. The molecule has 2 aliphatic rings. The van der Waals surface area contributed by atoms with Crippen molar-refractivity contribution >= 4 is 29.1 Å². The molecule has 2 heterocycles. The third kappa shape index (κ3) is 4.75. The van der Waals surface area contributed by atoms with Gasteiger partial charge in [0.15, 0.2) is 0 Å². The van der Waals surface area contributed by atoms with E-state index in [4.69, 9.17) is 11.6 Å². The minimum atomic E-state index is -0.543. The van der Waals surface area contributed by atoms with Crippen molar-refractivity contribution in [3.05, 3.63) is 38.9 Å². The van der Waals surface area contributed by atoms with Gasteiger partial charge in [-0.15, -0.1) is 0 Å². The van der Waals surface area contributed by atoms with Crippen molar-refractivity contribution in [1.82, 2.24) is 14.7 Å².